The predicted molar refractivity (Wildman–Crippen MR) is 94.2 cm³/mol. The van der Waals surface area contributed by atoms with Crippen LogP contribution in [0.4, 0.5) is 0 Å². The molecule has 0 saturated heterocycles. The van der Waals surface area contributed by atoms with Gasteiger partial charge >= 0.3 is 0 Å². The van der Waals surface area contributed by atoms with Crippen LogP contribution in [0.25, 0.3) is 22.1 Å². The lowest BCUT2D eigenvalue weighted by Crippen LogP contribution is -2.38. The van der Waals surface area contributed by atoms with Gasteiger partial charge in [0.05, 0.1) is 12.4 Å². The van der Waals surface area contributed by atoms with Crippen molar-refractivity contribution in [2.75, 3.05) is 6.54 Å². The van der Waals surface area contributed by atoms with E-state index in [2.05, 4.69) is 10.3 Å². The summed E-state index contributed by atoms with van der Waals surface area (Å²) in [6.45, 7) is 3.87. The van der Waals surface area contributed by atoms with Gasteiger partial charge in [0, 0.05) is 11.9 Å². The number of hydrogen-bond acceptors (Lipinski definition) is 5. The van der Waals surface area contributed by atoms with Gasteiger partial charge in [-0.2, -0.15) is 0 Å². The molecule has 0 aliphatic heterocycles. The summed E-state index contributed by atoms with van der Waals surface area (Å²) in [5.74, 6) is -0.265. The smallest absolute Gasteiger partial charge is 0.297 e. The van der Waals surface area contributed by atoms with Gasteiger partial charge in [0.25, 0.3) is 5.56 Å². The topological polar surface area (TPSA) is 97.4 Å². The number of aliphatic hydroxyl groups is 1. The maximum Gasteiger partial charge on any atom is 0.297 e. The van der Waals surface area contributed by atoms with Gasteiger partial charge in [0.15, 0.2) is 0 Å². The largest absolute Gasteiger partial charge is 0.448 e. The predicted octanol–water partition coefficient (Wildman–Crippen LogP) is 1.67. The summed E-state index contributed by atoms with van der Waals surface area (Å²) in [6, 6.07) is 7.27. The van der Waals surface area contributed by atoms with Crippen molar-refractivity contribution in [3.63, 3.8) is 0 Å². The maximum atomic E-state index is 12.5. The molecule has 132 valence electrons. The van der Waals surface area contributed by atoms with E-state index < -0.39 is 11.7 Å². The van der Waals surface area contributed by atoms with Gasteiger partial charge in [-0.1, -0.05) is 32.4 Å². The first-order valence-corrected chi connectivity index (χ1v) is 8.32. The number of aromatic nitrogens is 2. The Kier molecular flexibility index (Phi) is 4.85. The molecule has 2 aromatic heterocycles. The van der Waals surface area contributed by atoms with E-state index in [9.17, 15) is 14.7 Å². The normalized spacial score (nSPS) is 13.9. The molecule has 0 bridgehead atoms. The molecule has 0 saturated carbocycles. The SMILES string of the molecule is CCC(C)C(O)CNC(=O)Cn1cnc2c(oc3ccccc32)c1=O. The molecular weight excluding hydrogens is 322 g/mol. The van der Waals surface area contributed by atoms with Crippen molar-refractivity contribution in [1.82, 2.24) is 14.9 Å². The van der Waals surface area contributed by atoms with Crippen molar-refractivity contribution < 1.29 is 14.3 Å². The molecule has 7 heteroatoms. The van der Waals surface area contributed by atoms with Crippen LogP contribution in [-0.4, -0.2) is 33.2 Å². The number of rotatable bonds is 6. The zero-order chi connectivity index (χ0) is 18.0. The van der Waals surface area contributed by atoms with Gasteiger partial charge < -0.3 is 14.8 Å². The standard InChI is InChI=1S/C18H21N3O4/c1-3-11(2)13(22)8-19-15(23)9-21-10-20-16-12-6-4-5-7-14(12)25-17(16)18(21)24/h4-7,10-11,13,22H,3,8-9H2,1-2H3,(H,19,23). The monoisotopic (exact) mass is 343 g/mol. The molecule has 0 aliphatic rings. The summed E-state index contributed by atoms with van der Waals surface area (Å²) < 4.78 is 6.79. The molecule has 2 unspecified atom stereocenters. The molecule has 2 heterocycles. The number of carbonyl (C=O) groups is 1. The second-order valence-electron chi connectivity index (χ2n) is 6.21. The first-order chi connectivity index (χ1) is 12.0. The Bertz CT molecular complexity index is 960. The average molecular weight is 343 g/mol. The van der Waals surface area contributed by atoms with Crippen LogP contribution in [0.5, 0.6) is 0 Å². The highest BCUT2D eigenvalue weighted by Gasteiger charge is 2.16. The zero-order valence-corrected chi connectivity index (χ0v) is 14.2. The molecule has 3 rings (SSSR count). The lowest BCUT2D eigenvalue weighted by atomic mass is 10.0. The van der Waals surface area contributed by atoms with Crippen molar-refractivity contribution in [3.8, 4) is 0 Å². The Morgan fingerprint density at radius 3 is 2.92 bits per heavy atom. The number of carbonyl (C=O) groups excluding carboxylic acids is 1. The van der Waals surface area contributed by atoms with Crippen LogP contribution in [0.1, 0.15) is 20.3 Å². The number of para-hydroxylation sites is 1. The molecule has 2 N–H and O–H groups in total. The van der Waals surface area contributed by atoms with E-state index >= 15 is 0 Å². The third kappa shape index (κ3) is 3.41. The van der Waals surface area contributed by atoms with E-state index in [0.717, 1.165) is 11.8 Å². The van der Waals surface area contributed by atoms with E-state index in [1.165, 1.54) is 10.9 Å². The minimum absolute atomic E-state index is 0.0941. The second-order valence-corrected chi connectivity index (χ2v) is 6.21. The van der Waals surface area contributed by atoms with Crippen LogP contribution in [0, 0.1) is 5.92 Å². The molecule has 0 radical (unpaired) electrons. The number of nitrogens with zero attached hydrogens (tertiary/aromatic N) is 2. The summed E-state index contributed by atoms with van der Waals surface area (Å²) in [6.07, 6.45) is 1.56. The Morgan fingerprint density at radius 1 is 1.40 bits per heavy atom. The lowest BCUT2D eigenvalue weighted by molar-refractivity contribution is -0.122. The Labute approximate surface area is 144 Å². The van der Waals surface area contributed by atoms with Crippen LogP contribution in [0.15, 0.2) is 39.8 Å². The van der Waals surface area contributed by atoms with Gasteiger partial charge in [-0.3, -0.25) is 14.2 Å². The number of fused-ring (bicyclic) bond motifs is 3. The zero-order valence-electron chi connectivity index (χ0n) is 14.2. The van der Waals surface area contributed by atoms with Crippen molar-refractivity contribution in [3.05, 3.63) is 40.9 Å². The summed E-state index contributed by atoms with van der Waals surface area (Å²) in [5.41, 5.74) is 0.806. The van der Waals surface area contributed by atoms with Crippen molar-refractivity contribution in [2.24, 2.45) is 5.92 Å². The number of furan rings is 1. The molecule has 0 aliphatic carbocycles. The summed E-state index contributed by atoms with van der Waals surface area (Å²) >= 11 is 0. The van der Waals surface area contributed by atoms with E-state index in [0.29, 0.717) is 11.1 Å². The van der Waals surface area contributed by atoms with Crippen LogP contribution in [0.3, 0.4) is 0 Å². The molecule has 1 aromatic carbocycles. The molecular formula is C18H21N3O4. The number of aliphatic hydroxyl groups excluding tert-OH is 1. The number of hydrogen-bond donors (Lipinski definition) is 2. The van der Waals surface area contributed by atoms with Gasteiger partial charge in [-0.25, -0.2) is 4.98 Å². The van der Waals surface area contributed by atoms with Gasteiger partial charge in [-0.15, -0.1) is 0 Å². The third-order valence-corrected chi connectivity index (χ3v) is 4.47. The summed E-state index contributed by atoms with van der Waals surface area (Å²) in [7, 11) is 0. The number of amides is 1. The Balaban J connectivity index is 1.78. The first kappa shape index (κ1) is 17.2. The quantitative estimate of drug-likeness (QED) is 0.709. The second kappa shape index (κ2) is 7.06. The fourth-order valence-electron chi connectivity index (χ4n) is 2.63. The van der Waals surface area contributed by atoms with Gasteiger partial charge in [-0.05, 0) is 18.1 Å². The molecule has 25 heavy (non-hydrogen) atoms. The highest BCUT2D eigenvalue weighted by Crippen LogP contribution is 2.23. The van der Waals surface area contributed by atoms with E-state index in [-0.39, 0.29) is 30.5 Å². The molecule has 2 atom stereocenters. The fraction of sp³-hybridized carbons (Fsp3) is 0.389. The summed E-state index contributed by atoms with van der Waals surface area (Å²) in [5, 5.41) is 13.3. The van der Waals surface area contributed by atoms with E-state index in [1.807, 2.05) is 32.0 Å². The molecule has 7 nitrogen and oxygen atoms in total. The summed E-state index contributed by atoms with van der Waals surface area (Å²) in [4.78, 5) is 28.8. The molecule has 0 spiro atoms. The average Bonchev–Trinajstić information content (AvgIpc) is 3.01. The Morgan fingerprint density at radius 2 is 2.16 bits per heavy atom. The van der Waals surface area contributed by atoms with Gasteiger partial charge in [0.1, 0.15) is 17.6 Å². The minimum Gasteiger partial charge on any atom is -0.448 e. The van der Waals surface area contributed by atoms with E-state index in [1.54, 1.807) is 6.07 Å². The highest BCUT2D eigenvalue weighted by molar-refractivity contribution is 6.01. The fourth-order valence-corrected chi connectivity index (χ4v) is 2.63. The van der Waals surface area contributed by atoms with Crippen LogP contribution in [0.2, 0.25) is 0 Å². The number of nitrogens with one attached hydrogen (secondary N) is 1. The Hall–Kier alpha value is -2.67. The minimum atomic E-state index is -0.610. The van der Waals surface area contributed by atoms with Crippen LogP contribution in [-0.2, 0) is 11.3 Å². The lowest BCUT2D eigenvalue weighted by Gasteiger charge is -2.17. The number of benzene rings is 1. The van der Waals surface area contributed by atoms with Crippen molar-refractivity contribution in [2.45, 2.75) is 32.9 Å². The molecule has 1 amide bonds. The van der Waals surface area contributed by atoms with Crippen molar-refractivity contribution >= 4 is 28.0 Å². The van der Waals surface area contributed by atoms with Crippen molar-refractivity contribution in [1.29, 1.82) is 0 Å². The molecule has 3 aromatic rings. The third-order valence-electron chi connectivity index (χ3n) is 4.47. The maximum absolute atomic E-state index is 12.5. The van der Waals surface area contributed by atoms with Gasteiger partial charge in [0.2, 0.25) is 11.5 Å². The van der Waals surface area contributed by atoms with Crippen LogP contribution >= 0.6 is 0 Å². The molecule has 0 fully saturated rings. The highest BCUT2D eigenvalue weighted by atomic mass is 16.3. The van der Waals surface area contributed by atoms with E-state index in [4.69, 9.17) is 4.42 Å². The van der Waals surface area contributed by atoms with Crippen LogP contribution < -0.4 is 10.9 Å². The first-order valence-electron chi connectivity index (χ1n) is 8.32.